The summed E-state index contributed by atoms with van der Waals surface area (Å²) >= 11 is 3.53. The molecular weight excluding hydrogens is 375 g/mol. The second-order valence-corrected chi connectivity index (χ2v) is 8.52. The van der Waals surface area contributed by atoms with Crippen LogP contribution in [-0.2, 0) is 0 Å². The van der Waals surface area contributed by atoms with Crippen molar-refractivity contribution in [1.82, 2.24) is 0 Å². The molecule has 0 aromatic rings. The van der Waals surface area contributed by atoms with Gasteiger partial charge >= 0.3 is 0 Å². The summed E-state index contributed by atoms with van der Waals surface area (Å²) < 4.78 is 0. The number of unbranched alkanes of at least 4 members (excludes halogenated alkanes) is 9. The molecule has 0 spiro atoms. The first kappa shape index (κ1) is 27.1. The third-order valence-corrected chi connectivity index (χ3v) is 6.08. The van der Waals surface area contributed by atoms with Gasteiger partial charge in [0.15, 0.2) is 0 Å². The van der Waals surface area contributed by atoms with Crippen molar-refractivity contribution in [2.45, 2.75) is 130 Å². The van der Waals surface area contributed by atoms with E-state index < -0.39 is 0 Å². The van der Waals surface area contributed by atoms with Crippen LogP contribution in [0.5, 0.6) is 0 Å². The van der Waals surface area contributed by atoms with Gasteiger partial charge in [-0.05, 0) is 37.5 Å². The molecule has 1 unspecified atom stereocenters. The number of hydrogen-bond donors (Lipinski definition) is 0. The van der Waals surface area contributed by atoms with Gasteiger partial charge in [0.1, 0.15) is 0 Å². The van der Waals surface area contributed by atoms with Crippen molar-refractivity contribution in [2.75, 3.05) is 5.33 Å². The van der Waals surface area contributed by atoms with Gasteiger partial charge in [-0.2, -0.15) is 9.90 Å². The van der Waals surface area contributed by atoms with Crippen LogP contribution in [0.25, 0.3) is 0 Å². The highest BCUT2D eigenvalue weighted by Gasteiger charge is 2.27. The lowest BCUT2D eigenvalue weighted by atomic mass is 9.71. The zero-order chi connectivity index (χ0) is 17.2. The molecule has 1 atom stereocenters. The lowest BCUT2D eigenvalue weighted by molar-refractivity contribution is 0.175. The molecule has 2 heteroatoms. The molecule has 0 heterocycles. The number of rotatable bonds is 18. The van der Waals surface area contributed by atoms with E-state index in [0.717, 1.165) is 0 Å². The van der Waals surface area contributed by atoms with Crippen LogP contribution < -0.4 is 0 Å². The van der Waals surface area contributed by atoms with Gasteiger partial charge in [-0.3, -0.25) is 0 Å². The molecule has 0 aromatic carbocycles. The van der Waals surface area contributed by atoms with Gasteiger partial charge in [0, 0.05) is 5.33 Å². The highest BCUT2D eigenvalue weighted by Crippen LogP contribution is 2.41. The van der Waals surface area contributed by atoms with E-state index in [1.54, 1.807) is 0 Å². The van der Waals surface area contributed by atoms with Crippen LogP contribution in [0.15, 0.2) is 0 Å². The van der Waals surface area contributed by atoms with E-state index in [0.29, 0.717) is 5.41 Å². The molecule has 0 aliphatic heterocycles. The van der Waals surface area contributed by atoms with E-state index in [1.807, 2.05) is 0 Å². The summed E-state index contributed by atoms with van der Waals surface area (Å²) in [5.41, 5.74) is 0.692. The van der Waals surface area contributed by atoms with E-state index in [2.05, 4.69) is 36.7 Å². The van der Waals surface area contributed by atoms with Crippen LogP contribution in [0, 0.1) is 5.41 Å². The smallest absolute Gasteiger partial charge is 0.00313 e. The van der Waals surface area contributed by atoms with Gasteiger partial charge in [0.25, 0.3) is 0 Å². The van der Waals surface area contributed by atoms with Crippen molar-refractivity contribution in [1.29, 1.82) is 0 Å². The Balaban J connectivity index is 0. The summed E-state index contributed by atoms with van der Waals surface area (Å²) in [4.78, 5) is 0. The first-order chi connectivity index (χ1) is 11.2. The molecule has 0 saturated carbocycles. The van der Waals surface area contributed by atoms with Crippen LogP contribution in [0.2, 0.25) is 0 Å². The van der Waals surface area contributed by atoms with Crippen molar-refractivity contribution >= 4 is 25.8 Å². The number of alkyl halides is 1. The van der Waals surface area contributed by atoms with Crippen molar-refractivity contribution in [2.24, 2.45) is 5.41 Å². The first-order valence-electron chi connectivity index (χ1n) is 10.8. The zero-order valence-corrected chi connectivity index (χ0v) is 20.3. The first-order valence-corrected chi connectivity index (χ1v) is 11.9. The minimum absolute atomic E-state index is 0. The number of hydrogen-bond acceptors (Lipinski definition) is 0. The molecule has 0 nitrogen and oxygen atoms in total. The quantitative estimate of drug-likeness (QED) is 0.117. The van der Waals surface area contributed by atoms with E-state index in [4.69, 9.17) is 0 Å². The molecule has 24 heavy (non-hydrogen) atoms. The monoisotopic (exact) mass is 422 g/mol. The summed E-state index contributed by atoms with van der Waals surface area (Å²) in [6.07, 6.45) is 24.5. The Morgan fingerprint density at radius 2 is 0.833 bits per heavy atom. The van der Waals surface area contributed by atoms with Gasteiger partial charge in [0.05, 0.1) is 0 Å². The van der Waals surface area contributed by atoms with Gasteiger partial charge < -0.3 is 0 Å². The van der Waals surface area contributed by atoms with E-state index in [1.165, 1.54) is 114 Å². The fraction of sp³-hybridized carbons (Fsp3) is 1.00. The fourth-order valence-corrected chi connectivity index (χ4v) is 4.28. The van der Waals surface area contributed by atoms with Crippen LogP contribution in [-0.4, -0.2) is 5.33 Å². The maximum atomic E-state index is 3.53. The molecular formula is C22H48BrP. The Morgan fingerprint density at radius 3 is 1.21 bits per heavy atom. The second-order valence-electron chi connectivity index (χ2n) is 7.72. The molecule has 0 fully saturated rings. The molecule has 0 bridgehead atoms. The molecule has 0 amide bonds. The van der Waals surface area contributed by atoms with Gasteiger partial charge in [-0.1, -0.05) is 114 Å². The SMILES string of the molecule is CCCCC(CCCC)(CCCC)CCCCCCCCCBr.P. The highest BCUT2D eigenvalue weighted by molar-refractivity contribution is 9.09. The fourth-order valence-electron chi connectivity index (χ4n) is 3.88. The predicted molar refractivity (Wildman–Crippen MR) is 123 cm³/mol. The molecule has 0 radical (unpaired) electrons. The van der Waals surface area contributed by atoms with Crippen LogP contribution >= 0.6 is 25.8 Å². The van der Waals surface area contributed by atoms with Crippen molar-refractivity contribution in [3.63, 3.8) is 0 Å². The summed E-state index contributed by atoms with van der Waals surface area (Å²) in [5.74, 6) is 0. The van der Waals surface area contributed by atoms with Gasteiger partial charge in [-0.15, -0.1) is 0 Å². The maximum absolute atomic E-state index is 3.53. The largest absolute Gasteiger partial charge is 0.153 e. The van der Waals surface area contributed by atoms with Crippen molar-refractivity contribution < 1.29 is 0 Å². The van der Waals surface area contributed by atoms with E-state index in [-0.39, 0.29) is 9.90 Å². The van der Waals surface area contributed by atoms with Crippen LogP contribution in [0.3, 0.4) is 0 Å². The topological polar surface area (TPSA) is 0 Å². The average molecular weight is 424 g/mol. The maximum Gasteiger partial charge on any atom is 0.00313 e. The standard InChI is InChI=1S/C22H45Br.H3P/c1-4-7-17-22(18-8-5-2,19-9-6-3)20-15-13-11-10-12-14-16-21-23;/h4-21H2,1-3H3;1H3. The van der Waals surface area contributed by atoms with E-state index >= 15 is 0 Å². The zero-order valence-electron chi connectivity index (χ0n) is 17.3. The minimum Gasteiger partial charge on any atom is -0.153 e. The van der Waals surface area contributed by atoms with Crippen LogP contribution in [0.1, 0.15) is 130 Å². The van der Waals surface area contributed by atoms with Crippen molar-refractivity contribution in [3.8, 4) is 0 Å². The lowest BCUT2D eigenvalue weighted by Crippen LogP contribution is -2.21. The van der Waals surface area contributed by atoms with Gasteiger partial charge in [-0.25, -0.2) is 0 Å². The molecule has 0 aliphatic carbocycles. The summed E-state index contributed by atoms with van der Waals surface area (Å²) in [6.45, 7) is 7.08. The normalized spacial score (nSPS) is 11.5. The molecule has 0 aromatic heterocycles. The molecule has 0 N–H and O–H groups in total. The minimum atomic E-state index is 0. The highest BCUT2D eigenvalue weighted by atomic mass is 79.9. The Kier molecular flexibility index (Phi) is 22.9. The Morgan fingerprint density at radius 1 is 0.500 bits per heavy atom. The predicted octanol–water partition coefficient (Wildman–Crippen LogP) is 9.12. The third kappa shape index (κ3) is 15.2. The second kappa shape index (κ2) is 20.2. The summed E-state index contributed by atoms with van der Waals surface area (Å²) in [7, 11) is 0. The van der Waals surface area contributed by atoms with Crippen molar-refractivity contribution in [3.05, 3.63) is 0 Å². The van der Waals surface area contributed by atoms with Crippen LogP contribution in [0.4, 0.5) is 0 Å². The Bertz CT molecular complexity index is 208. The summed E-state index contributed by atoms with van der Waals surface area (Å²) in [6, 6.07) is 0. The Hall–Kier alpha value is 0.910. The van der Waals surface area contributed by atoms with E-state index in [9.17, 15) is 0 Å². The molecule has 0 saturated heterocycles. The Labute approximate surface area is 166 Å². The van der Waals surface area contributed by atoms with Gasteiger partial charge in [0.2, 0.25) is 0 Å². The third-order valence-electron chi connectivity index (χ3n) is 5.52. The molecule has 0 aliphatic rings. The number of halogens is 1. The molecule has 0 rings (SSSR count). The summed E-state index contributed by atoms with van der Waals surface area (Å²) in [5, 5.41) is 1.18. The molecule has 148 valence electrons. The lowest BCUT2D eigenvalue weighted by Gasteiger charge is -2.35. The average Bonchev–Trinajstić information content (AvgIpc) is 2.58.